The summed E-state index contributed by atoms with van der Waals surface area (Å²) in [7, 11) is 1.64. The number of benzene rings is 1. The largest absolute Gasteiger partial charge is 0.504 e. The van der Waals surface area contributed by atoms with E-state index in [2.05, 4.69) is 39.7 Å². The maximum Gasteiger partial charge on any atom is 0.161 e. The van der Waals surface area contributed by atoms with Crippen LogP contribution < -0.4 is 4.74 Å². The molecule has 1 aromatic carbocycles. The number of rotatable bonds is 3. The molecule has 0 unspecified atom stereocenters. The molecular formula is C17H24N2O2. The van der Waals surface area contributed by atoms with Crippen molar-refractivity contribution in [1.29, 1.82) is 0 Å². The van der Waals surface area contributed by atoms with Crippen molar-refractivity contribution >= 4 is 0 Å². The first kappa shape index (κ1) is 15.4. The van der Waals surface area contributed by atoms with E-state index in [0.29, 0.717) is 5.75 Å². The predicted octanol–water partition coefficient (Wildman–Crippen LogP) is 4.01. The van der Waals surface area contributed by atoms with Gasteiger partial charge < -0.3 is 9.84 Å². The van der Waals surface area contributed by atoms with Crippen LogP contribution in [-0.2, 0) is 5.41 Å². The third kappa shape index (κ3) is 2.89. The van der Waals surface area contributed by atoms with Gasteiger partial charge in [0.2, 0.25) is 0 Å². The predicted molar refractivity (Wildman–Crippen MR) is 84.6 cm³/mol. The number of aromatic hydroxyl groups is 1. The van der Waals surface area contributed by atoms with E-state index in [-0.39, 0.29) is 11.3 Å². The van der Waals surface area contributed by atoms with E-state index < -0.39 is 0 Å². The van der Waals surface area contributed by atoms with Gasteiger partial charge in [0.1, 0.15) is 11.4 Å². The van der Waals surface area contributed by atoms with Crippen LogP contribution in [0.2, 0.25) is 0 Å². The quantitative estimate of drug-likeness (QED) is 0.928. The topological polar surface area (TPSA) is 47.3 Å². The fraction of sp³-hybridized carbons (Fsp3) is 0.471. The molecule has 2 rings (SSSR count). The van der Waals surface area contributed by atoms with Gasteiger partial charge in [-0.05, 0) is 30.2 Å². The second kappa shape index (κ2) is 5.43. The van der Waals surface area contributed by atoms with Gasteiger partial charge in [-0.1, -0.05) is 34.6 Å². The molecule has 2 aromatic rings. The molecule has 0 bridgehead atoms. The van der Waals surface area contributed by atoms with E-state index in [1.807, 2.05) is 28.9 Å². The molecule has 4 nitrogen and oxygen atoms in total. The highest BCUT2D eigenvalue weighted by Gasteiger charge is 2.28. The molecule has 1 heterocycles. The molecule has 0 amide bonds. The Bertz CT molecular complexity index is 619. The lowest BCUT2D eigenvalue weighted by atomic mass is 9.91. The van der Waals surface area contributed by atoms with Gasteiger partial charge in [0, 0.05) is 5.41 Å². The molecule has 0 saturated carbocycles. The Morgan fingerprint density at radius 2 is 1.71 bits per heavy atom. The first-order chi connectivity index (χ1) is 9.75. The minimum absolute atomic E-state index is 0.177. The van der Waals surface area contributed by atoms with Crippen LogP contribution in [0, 0.1) is 0 Å². The van der Waals surface area contributed by atoms with Gasteiger partial charge in [-0.3, -0.25) is 0 Å². The zero-order valence-corrected chi connectivity index (χ0v) is 13.6. The van der Waals surface area contributed by atoms with Crippen molar-refractivity contribution in [3.05, 3.63) is 35.7 Å². The molecule has 0 radical (unpaired) electrons. The average Bonchev–Trinajstić information content (AvgIpc) is 2.76. The maximum atomic E-state index is 10.6. The number of aromatic nitrogens is 2. The summed E-state index contributed by atoms with van der Waals surface area (Å²) >= 11 is 0. The smallest absolute Gasteiger partial charge is 0.161 e. The fourth-order valence-electron chi connectivity index (χ4n) is 2.37. The van der Waals surface area contributed by atoms with E-state index in [1.54, 1.807) is 7.11 Å². The Kier molecular flexibility index (Phi) is 3.99. The summed E-state index contributed by atoms with van der Waals surface area (Å²) in [6.45, 7) is 10.3. The van der Waals surface area contributed by atoms with Crippen molar-refractivity contribution in [2.24, 2.45) is 0 Å². The highest BCUT2D eigenvalue weighted by atomic mass is 16.5. The third-order valence-corrected chi connectivity index (χ3v) is 3.47. The lowest BCUT2D eigenvalue weighted by Gasteiger charge is -2.15. The number of hydrogen-bond donors (Lipinski definition) is 1. The van der Waals surface area contributed by atoms with Crippen molar-refractivity contribution in [3.8, 4) is 17.2 Å². The first-order valence-corrected chi connectivity index (χ1v) is 7.22. The monoisotopic (exact) mass is 288 g/mol. The van der Waals surface area contributed by atoms with Gasteiger partial charge in [0.15, 0.2) is 5.75 Å². The highest BCUT2D eigenvalue weighted by molar-refractivity contribution is 5.45. The van der Waals surface area contributed by atoms with E-state index >= 15 is 0 Å². The van der Waals surface area contributed by atoms with E-state index in [9.17, 15) is 5.11 Å². The Balaban J connectivity index is 2.61. The van der Waals surface area contributed by atoms with Crippen molar-refractivity contribution in [1.82, 2.24) is 9.78 Å². The van der Waals surface area contributed by atoms with Crippen molar-refractivity contribution < 1.29 is 9.84 Å². The number of hydrogen-bond acceptors (Lipinski definition) is 3. The molecule has 0 aliphatic carbocycles. The molecule has 21 heavy (non-hydrogen) atoms. The van der Waals surface area contributed by atoms with Crippen molar-refractivity contribution in [2.75, 3.05) is 7.11 Å². The van der Waals surface area contributed by atoms with Crippen LogP contribution in [0.1, 0.15) is 51.9 Å². The fourth-order valence-corrected chi connectivity index (χ4v) is 2.37. The molecule has 0 atom stereocenters. The van der Waals surface area contributed by atoms with Gasteiger partial charge in [-0.2, -0.15) is 5.10 Å². The normalized spacial score (nSPS) is 12.0. The van der Waals surface area contributed by atoms with Gasteiger partial charge in [0.05, 0.1) is 18.5 Å². The summed E-state index contributed by atoms with van der Waals surface area (Å²) in [5.74, 6) is 1.28. The molecule has 0 aliphatic rings. The Morgan fingerprint density at radius 3 is 2.14 bits per heavy atom. The van der Waals surface area contributed by atoms with Crippen LogP contribution in [0.15, 0.2) is 24.3 Å². The third-order valence-electron chi connectivity index (χ3n) is 3.47. The molecular weight excluding hydrogens is 264 g/mol. The molecule has 0 saturated heterocycles. The molecule has 4 heteroatoms. The summed E-state index contributed by atoms with van der Waals surface area (Å²) in [5.41, 5.74) is 2.28. The Hall–Kier alpha value is -1.97. The van der Waals surface area contributed by atoms with Crippen molar-refractivity contribution in [2.45, 2.75) is 46.0 Å². The minimum atomic E-state index is -0.203. The first-order valence-electron chi connectivity index (χ1n) is 7.22. The van der Waals surface area contributed by atoms with Crippen LogP contribution in [0.3, 0.4) is 0 Å². The summed E-state index contributed by atoms with van der Waals surface area (Å²) < 4.78 is 7.02. The van der Waals surface area contributed by atoms with Gasteiger partial charge >= 0.3 is 0 Å². The summed E-state index contributed by atoms with van der Waals surface area (Å²) in [6.07, 6.45) is 0. The SMILES string of the molecule is COc1ccc(-n2nc(C(C)(C)C)c(O)c2C(C)C)cc1. The van der Waals surface area contributed by atoms with Crippen LogP contribution in [0.25, 0.3) is 5.69 Å². The van der Waals surface area contributed by atoms with Crippen molar-refractivity contribution in [3.63, 3.8) is 0 Å². The average molecular weight is 288 g/mol. The molecule has 1 aromatic heterocycles. The van der Waals surface area contributed by atoms with E-state index in [1.165, 1.54) is 0 Å². The summed E-state index contributed by atoms with van der Waals surface area (Å²) in [6, 6.07) is 7.69. The van der Waals surface area contributed by atoms with Crippen LogP contribution in [-0.4, -0.2) is 22.0 Å². The van der Waals surface area contributed by atoms with Crippen LogP contribution in [0.5, 0.6) is 11.5 Å². The highest BCUT2D eigenvalue weighted by Crippen LogP contribution is 2.37. The zero-order chi connectivity index (χ0) is 15.8. The second-order valence-electron chi connectivity index (χ2n) is 6.60. The molecule has 0 fully saturated rings. The second-order valence-corrected chi connectivity index (χ2v) is 6.60. The number of nitrogens with zero attached hydrogens (tertiary/aromatic N) is 2. The molecule has 1 N–H and O–H groups in total. The van der Waals surface area contributed by atoms with Gasteiger partial charge in [-0.15, -0.1) is 0 Å². The molecule has 0 spiro atoms. The van der Waals surface area contributed by atoms with Crippen LogP contribution >= 0.6 is 0 Å². The Labute approximate surface area is 126 Å². The van der Waals surface area contributed by atoms with Gasteiger partial charge in [-0.25, -0.2) is 4.68 Å². The molecule has 0 aliphatic heterocycles. The zero-order valence-electron chi connectivity index (χ0n) is 13.6. The number of methoxy groups -OCH3 is 1. The number of ether oxygens (including phenoxy) is 1. The lowest BCUT2D eigenvalue weighted by molar-refractivity contribution is 0.414. The van der Waals surface area contributed by atoms with E-state index in [0.717, 1.165) is 22.8 Å². The standard InChI is InChI=1S/C17H24N2O2/c1-11(2)14-15(20)16(17(3,4)5)18-19(14)12-7-9-13(21-6)10-8-12/h7-11,20H,1-6H3. The maximum absolute atomic E-state index is 10.6. The molecule has 114 valence electrons. The van der Waals surface area contributed by atoms with Gasteiger partial charge in [0.25, 0.3) is 0 Å². The Morgan fingerprint density at radius 1 is 1.14 bits per heavy atom. The summed E-state index contributed by atoms with van der Waals surface area (Å²) in [5, 5.41) is 15.2. The van der Waals surface area contributed by atoms with E-state index in [4.69, 9.17) is 4.74 Å². The minimum Gasteiger partial charge on any atom is -0.504 e. The lowest BCUT2D eigenvalue weighted by Crippen LogP contribution is -2.13. The summed E-state index contributed by atoms with van der Waals surface area (Å²) in [4.78, 5) is 0. The van der Waals surface area contributed by atoms with Crippen LogP contribution in [0.4, 0.5) is 0 Å².